The van der Waals surface area contributed by atoms with Gasteiger partial charge in [0.15, 0.2) is 0 Å². The van der Waals surface area contributed by atoms with Gasteiger partial charge in [-0.1, -0.05) is 24.3 Å². The van der Waals surface area contributed by atoms with Gasteiger partial charge in [0.1, 0.15) is 5.60 Å². The highest BCUT2D eigenvalue weighted by molar-refractivity contribution is 7.89. The predicted molar refractivity (Wildman–Crippen MR) is 83.2 cm³/mol. The van der Waals surface area contributed by atoms with Gasteiger partial charge in [-0.05, 0) is 46.8 Å². The van der Waals surface area contributed by atoms with Crippen molar-refractivity contribution in [1.29, 1.82) is 0 Å². The molecule has 0 aliphatic heterocycles. The zero-order valence-electron chi connectivity index (χ0n) is 13.1. The summed E-state index contributed by atoms with van der Waals surface area (Å²) < 4.78 is 26.4. The highest BCUT2D eigenvalue weighted by Gasteiger charge is 2.15. The molecule has 0 amide bonds. The lowest BCUT2D eigenvalue weighted by Crippen LogP contribution is -2.23. The van der Waals surface area contributed by atoms with Crippen LogP contribution in [0.3, 0.4) is 0 Å². The number of esters is 1. The number of primary sulfonamides is 1. The molecule has 6 heteroatoms. The van der Waals surface area contributed by atoms with Gasteiger partial charge in [-0.2, -0.15) is 0 Å². The topological polar surface area (TPSA) is 86.5 Å². The first-order valence-corrected chi connectivity index (χ1v) is 7.86. The number of nitrogens with two attached hydrogens (primary N) is 1. The monoisotopic (exact) mass is 313 g/mol. The van der Waals surface area contributed by atoms with Crippen LogP contribution in [0.1, 0.15) is 33.3 Å². The van der Waals surface area contributed by atoms with Crippen LogP contribution >= 0.6 is 0 Å². The van der Waals surface area contributed by atoms with Crippen molar-refractivity contribution in [2.24, 2.45) is 5.14 Å². The first-order valence-electron chi connectivity index (χ1n) is 6.31. The normalized spacial score (nSPS) is 11.1. The summed E-state index contributed by atoms with van der Waals surface area (Å²) in [4.78, 5) is 11.0. The molecule has 0 radical (unpaired) electrons. The van der Waals surface area contributed by atoms with Crippen LogP contribution in [0, 0.1) is 6.92 Å². The van der Waals surface area contributed by atoms with Crippen LogP contribution in [-0.2, 0) is 19.6 Å². The van der Waals surface area contributed by atoms with Crippen molar-refractivity contribution < 1.29 is 17.9 Å². The maximum atomic E-state index is 10.8. The fourth-order valence-corrected chi connectivity index (χ4v) is 1.61. The first-order chi connectivity index (χ1) is 9.33. The Morgan fingerprint density at radius 3 is 1.86 bits per heavy atom. The zero-order valence-corrected chi connectivity index (χ0v) is 14.0. The van der Waals surface area contributed by atoms with Gasteiger partial charge in [0.2, 0.25) is 10.0 Å². The molecular formula is C15H23NO4S. The molecule has 0 heterocycles. The lowest BCUT2D eigenvalue weighted by Gasteiger charge is -2.19. The second-order valence-corrected chi connectivity index (χ2v) is 7.20. The summed E-state index contributed by atoms with van der Waals surface area (Å²) in [6.45, 7) is 12.5. The number of aryl methyl sites for hydroxylation is 1. The average Bonchev–Trinajstić information content (AvgIpc) is 2.26. The average molecular weight is 313 g/mol. The molecule has 0 unspecified atom stereocenters. The lowest BCUT2D eigenvalue weighted by atomic mass is 10.2. The molecule has 0 saturated carbocycles. The van der Waals surface area contributed by atoms with E-state index in [9.17, 15) is 13.2 Å². The van der Waals surface area contributed by atoms with Crippen LogP contribution in [0.2, 0.25) is 0 Å². The molecule has 1 aromatic carbocycles. The molecule has 1 rings (SSSR count). The highest BCUT2D eigenvalue weighted by atomic mass is 32.2. The SMILES string of the molecule is C=C(C)C(=O)OC(C)(C)C.Cc1ccc(S(N)(=O)=O)cc1. The van der Waals surface area contributed by atoms with Gasteiger partial charge < -0.3 is 4.74 Å². The molecule has 0 spiro atoms. The number of hydrogen-bond donors (Lipinski definition) is 1. The summed E-state index contributed by atoms with van der Waals surface area (Å²) in [5, 5.41) is 4.88. The van der Waals surface area contributed by atoms with Gasteiger partial charge in [-0.3, -0.25) is 0 Å². The van der Waals surface area contributed by atoms with Crippen molar-refractivity contribution in [3.05, 3.63) is 42.0 Å². The number of rotatable bonds is 2. The van der Waals surface area contributed by atoms with Crippen LogP contribution in [0.5, 0.6) is 0 Å². The maximum Gasteiger partial charge on any atom is 0.333 e. The van der Waals surface area contributed by atoms with Crippen LogP contribution in [0.4, 0.5) is 0 Å². The minimum atomic E-state index is -3.52. The van der Waals surface area contributed by atoms with Crippen molar-refractivity contribution in [1.82, 2.24) is 0 Å². The van der Waals surface area contributed by atoms with Gasteiger partial charge in [0.05, 0.1) is 4.90 Å². The van der Waals surface area contributed by atoms with Crippen molar-refractivity contribution in [3.8, 4) is 0 Å². The Kier molecular flexibility index (Phi) is 6.79. The van der Waals surface area contributed by atoms with Crippen molar-refractivity contribution >= 4 is 16.0 Å². The molecule has 21 heavy (non-hydrogen) atoms. The molecule has 118 valence electrons. The highest BCUT2D eigenvalue weighted by Crippen LogP contribution is 2.09. The summed E-state index contributed by atoms with van der Waals surface area (Å²) in [5.74, 6) is -0.326. The smallest absolute Gasteiger partial charge is 0.333 e. The fourth-order valence-electron chi connectivity index (χ4n) is 1.09. The summed E-state index contributed by atoms with van der Waals surface area (Å²) in [6, 6.07) is 6.40. The van der Waals surface area contributed by atoms with E-state index in [0.717, 1.165) is 5.56 Å². The number of ether oxygens (including phenoxy) is 1. The zero-order chi connectivity index (χ0) is 16.8. The van der Waals surface area contributed by atoms with E-state index in [2.05, 4.69) is 6.58 Å². The van der Waals surface area contributed by atoms with Crippen molar-refractivity contribution in [3.63, 3.8) is 0 Å². The van der Waals surface area contributed by atoms with Crippen molar-refractivity contribution in [2.75, 3.05) is 0 Å². The summed E-state index contributed by atoms with van der Waals surface area (Å²) in [7, 11) is -3.52. The van der Waals surface area contributed by atoms with Crippen LogP contribution in [0.15, 0.2) is 41.3 Å². The van der Waals surface area contributed by atoms with E-state index in [1.165, 1.54) is 12.1 Å². The van der Waals surface area contributed by atoms with Gasteiger partial charge in [-0.25, -0.2) is 18.4 Å². The molecule has 0 saturated heterocycles. The minimum Gasteiger partial charge on any atom is -0.457 e. The van der Waals surface area contributed by atoms with Gasteiger partial charge >= 0.3 is 5.97 Å². The van der Waals surface area contributed by atoms with Gasteiger partial charge in [0, 0.05) is 5.57 Å². The molecular weight excluding hydrogens is 290 g/mol. The summed E-state index contributed by atoms with van der Waals surface area (Å²) in [5.41, 5.74) is 1.04. The standard InChI is InChI=1S/C8H14O2.C7H9NO2S/c1-6(2)7(9)10-8(3,4)5;1-6-2-4-7(5-3-6)11(8,9)10/h1H2,2-5H3;2-5H,1H3,(H2,8,9,10). The third-order valence-corrected chi connectivity index (χ3v) is 3.03. The molecule has 2 N–H and O–H groups in total. The van der Waals surface area contributed by atoms with Gasteiger partial charge in [0.25, 0.3) is 0 Å². The van der Waals surface area contributed by atoms with Crippen LogP contribution in [-0.4, -0.2) is 20.0 Å². The number of benzene rings is 1. The molecule has 0 aromatic heterocycles. The fraction of sp³-hybridized carbons (Fsp3) is 0.400. The Bertz CT molecular complexity index is 596. The Morgan fingerprint density at radius 1 is 1.19 bits per heavy atom. The van der Waals surface area contributed by atoms with Crippen LogP contribution in [0.25, 0.3) is 0 Å². The molecule has 0 aliphatic carbocycles. The quantitative estimate of drug-likeness (QED) is 0.671. The number of sulfonamides is 1. The number of carbonyl (C=O) groups is 1. The maximum absolute atomic E-state index is 10.8. The molecule has 0 fully saturated rings. The minimum absolute atomic E-state index is 0.156. The van der Waals surface area contributed by atoms with Crippen molar-refractivity contribution in [2.45, 2.75) is 45.1 Å². The molecule has 0 aliphatic rings. The van der Waals surface area contributed by atoms with E-state index in [-0.39, 0.29) is 10.9 Å². The van der Waals surface area contributed by atoms with E-state index >= 15 is 0 Å². The Labute approximate surface area is 126 Å². The number of hydrogen-bond acceptors (Lipinski definition) is 4. The molecule has 5 nitrogen and oxygen atoms in total. The Morgan fingerprint density at radius 2 is 1.62 bits per heavy atom. The summed E-state index contributed by atoms with van der Waals surface area (Å²) in [6.07, 6.45) is 0. The Balaban J connectivity index is 0.000000384. The molecule has 0 atom stereocenters. The van der Waals surface area contributed by atoms with E-state index < -0.39 is 15.6 Å². The third kappa shape index (κ3) is 8.99. The Hall–Kier alpha value is -1.66. The predicted octanol–water partition coefficient (Wildman–Crippen LogP) is 2.55. The third-order valence-electron chi connectivity index (χ3n) is 2.10. The van der Waals surface area contributed by atoms with E-state index in [1.54, 1.807) is 19.1 Å². The second-order valence-electron chi connectivity index (χ2n) is 5.64. The van der Waals surface area contributed by atoms with Gasteiger partial charge in [-0.15, -0.1) is 0 Å². The van der Waals surface area contributed by atoms with E-state index in [1.807, 2.05) is 27.7 Å². The van der Waals surface area contributed by atoms with Crippen LogP contribution < -0.4 is 5.14 Å². The second kappa shape index (κ2) is 7.38. The lowest BCUT2D eigenvalue weighted by molar-refractivity contribution is -0.149. The first kappa shape index (κ1) is 19.3. The summed E-state index contributed by atoms with van der Waals surface area (Å²) >= 11 is 0. The largest absolute Gasteiger partial charge is 0.457 e. The molecule has 0 bridgehead atoms. The van der Waals surface area contributed by atoms with E-state index in [0.29, 0.717) is 5.57 Å². The number of carbonyl (C=O) groups excluding carboxylic acids is 1. The van der Waals surface area contributed by atoms with E-state index in [4.69, 9.17) is 9.88 Å². The molecule has 1 aromatic rings.